The van der Waals surface area contributed by atoms with Gasteiger partial charge < -0.3 is 20.3 Å². The molecule has 4 heterocycles. The predicted molar refractivity (Wildman–Crippen MR) is 136 cm³/mol. The van der Waals surface area contributed by atoms with Gasteiger partial charge in [-0.2, -0.15) is 4.98 Å². The Labute approximate surface area is 216 Å². The minimum Gasteiger partial charge on any atom is -0.453 e. The number of rotatable bonds is 6. The molecule has 12 heteroatoms. The number of aromatic nitrogens is 4. The average Bonchev–Trinajstić information content (AvgIpc) is 3.54. The number of carbonyl (C=O) groups excluding carboxylic acids is 1. The summed E-state index contributed by atoms with van der Waals surface area (Å²) in [7, 11) is 0.227. The summed E-state index contributed by atoms with van der Waals surface area (Å²) in [5.41, 5.74) is 1.70. The summed E-state index contributed by atoms with van der Waals surface area (Å²) < 4.78 is 17.6. The summed E-state index contributed by atoms with van der Waals surface area (Å²) in [5.74, 6) is 3.45. The van der Waals surface area contributed by atoms with Gasteiger partial charge in [-0.25, -0.2) is 19.7 Å². The van der Waals surface area contributed by atoms with E-state index in [4.69, 9.17) is 26.3 Å². The molecule has 1 saturated carbocycles. The number of aryl methyl sites for hydroxylation is 1. The van der Waals surface area contributed by atoms with Crippen LogP contribution in [0.25, 0.3) is 5.57 Å². The van der Waals surface area contributed by atoms with E-state index >= 15 is 0 Å². The van der Waals surface area contributed by atoms with Crippen LogP contribution in [0, 0.1) is 11.8 Å². The van der Waals surface area contributed by atoms with Crippen molar-refractivity contribution in [2.75, 3.05) is 42.7 Å². The highest BCUT2D eigenvalue weighted by atomic mass is 35.5. The highest BCUT2D eigenvalue weighted by Crippen LogP contribution is 2.42. The number of amides is 1. The Hall–Kier alpha value is -2.79. The molecular formula is C24H28ClN7O3S. The van der Waals surface area contributed by atoms with Crippen LogP contribution in [-0.2, 0) is 22.0 Å². The lowest BCUT2D eigenvalue weighted by Gasteiger charge is -2.43. The summed E-state index contributed by atoms with van der Waals surface area (Å²) >= 11 is 5.94. The summed E-state index contributed by atoms with van der Waals surface area (Å²) in [6, 6.07) is 0. The third kappa shape index (κ3) is 4.32. The maximum absolute atomic E-state index is 12.8. The van der Waals surface area contributed by atoms with E-state index in [1.807, 2.05) is 0 Å². The zero-order valence-electron chi connectivity index (χ0n) is 20.0. The van der Waals surface area contributed by atoms with E-state index < -0.39 is 16.9 Å². The van der Waals surface area contributed by atoms with Crippen LogP contribution in [0.1, 0.15) is 37.2 Å². The van der Waals surface area contributed by atoms with Gasteiger partial charge in [-0.05, 0) is 43.1 Å². The average molecular weight is 530 g/mol. The van der Waals surface area contributed by atoms with Crippen molar-refractivity contribution in [1.29, 1.82) is 0 Å². The maximum Gasteiger partial charge on any atom is 0.406 e. The Morgan fingerprint density at radius 3 is 2.78 bits per heavy atom. The summed E-state index contributed by atoms with van der Waals surface area (Å²) in [4.78, 5) is 33.2. The Morgan fingerprint density at radius 1 is 1.28 bits per heavy atom. The lowest BCUT2D eigenvalue weighted by Crippen LogP contribution is -2.54. The van der Waals surface area contributed by atoms with Crippen LogP contribution in [0.4, 0.5) is 16.6 Å². The van der Waals surface area contributed by atoms with E-state index in [2.05, 4.69) is 31.6 Å². The number of carbonyl (C=O) groups is 1. The number of anilines is 2. The normalized spacial score (nSPS) is 25.6. The number of ether oxygens (including phenoxy) is 1. The monoisotopic (exact) mass is 529 g/mol. The van der Waals surface area contributed by atoms with Crippen molar-refractivity contribution in [3.8, 4) is 0 Å². The quantitative estimate of drug-likeness (QED) is 0.581. The molecule has 2 aliphatic heterocycles. The highest BCUT2D eigenvalue weighted by Gasteiger charge is 2.42. The van der Waals surface area contributed by atoms with Gasteiger partial charge in [0.25, 0.3) is 0 Å². The van der Waals surface area contributed by atoms with Crippen LogP contribution in [-0.4, -0.2) is 68.3 Å². The third-order valence-corrected chi connectivity index (χ3v) is 9.36. The number of methoxy groups -OCH3 is 1. The molecule has 36 heavy (non-hydrogen) atoms. The van der Waals surface area contributed by atoms with Crippen molar-refractivity contribution in [2.45, 2.75) is 42.5 Å². The van der Waals surface area contributed by atoms with Gasteiger partial charge in [-0.3, -0.25) is 4.21 Å². The van der Waals surface area contributed by atoms with Gasteiger partial charge in [0, 0.05) is 44.2 Å². The zero-order chi connectivity index (χ0) is 24.9. The SMILES string of the molecule is COC(=O)NCC1(Nc2nc(N3C[C@@H]4CC(c5ncc(Cl)cn5)=C[C@@H]4C3)nc3c2[S@@](=O)CC3)CCC1. The van der Waals surface area contributed by atoms with Gasteiger partial charge in [-0.15, -0.1) is 0 Å². The molecule has 190 valence electrons. The maximum atomic E-state index is 12.8. The van der Waals surface area contributed by atoms with Crippen LogP contribution < -0.4 is 15.5 Å². The van der Waals surface area contributed by atoms with E-state index in [0.717, 1.165) is 50.3 Å². The smallest absolute Gasteiger partial charge is 0.406 e. The van der Waals surface area contributed by atoms with Crippen molar-refractivity contribution in [1.82, 2.24) is 25.3 Å². The van der Waals surface area contributed by atoms with Gasteiger partial charge in [-0.1, -0.05) is 17.7 Å². The van der Waals surface area contributed by atoms with E-state index in [9.17, 15) is 9.00 Å². The van der Waals surface area contributed by atoms with E-state index in [-0.39, 0.29) is 5.54 Å². The molecule has 6 rings (SSSR count). The topological polar surface area (TPSA) is 122 Å². The van der Waals surface area contributed by atoms with Crippen LogP contribution >= 0.6 is 11.6 Å². The number of halogens is 1. The molecule has 0 unspecified atom stereocenters. The molecule has 2 aromatic rings. The van der Waals surface area contributed by atoms with Gasteiger partial charge in [0.15, 0.2) is 5.82 Å². The minimum absolute atomic E-state index is 0.321. The van der Waals surface area contributed by atoms with Gasteiger partial charge in [0.2, 0.25) is 5.95 Å². The number of nitrogens with zero attached hydrogens (tertiary/aromatic N) is 5. The molecule has 0 aromatic carbocycles. The Morgan fingerprint density at radius 2 is 2.08 bits per heavy atom. The Bertz CT molecular complexity index is 1250. The first kappa shape index (κ1) is 23.6. The molecule has 3 atom stereocenters. The molecule has 2 N–H and O–H groups in total. The lowest BCUT2D eigenvalue weighted by atomic mass is 9.76. The largest absolute Gasteiger partial charge is 0.453 e. The molecule has 0 radical (unpaired) electrons. The number of alkyl carbamates (subject to hydrolysis) is 1. The van der Waals surface area contributed by atoms with Crippen LogP contribution in [0.2, 0.25) is 5.02 Å². The number of hydrogen-bond acceptors (Lipinski definition) is 9. The van der Waals surface area contributed by atoms with Crippen LogP contribution in [0.15, 0.2) is 23.4 Å². The predicted octanol–water partition coefficient (Wildman–Crippen LogP) is 2.81. The second-order valence-electron chi connectivity index (χ2n) is 10.0. The number of allylic oxidation sites excluding steroid dienone is 1. The number of hydrogen-bond donors (Lipinski definition) is 2. The van der Waals surface area contributed by atoms with Crippen molar-refractivity contribution in [3.63, 3.8) is 0 Å². The Balaban J connectivity index is 1.23. The van der Waals surface area contributed by atoms with E-state index in [0.29, 0.717) is 52.2 Å². The molecule has 4 aliphatic rings. The first-order chi connectivity index (χ1) is 17.4. The second-order valence-corrected chi connectivity index (χ2v) is 11.9. The molecule has 2 aliphatic carbocycles. The molecule has 0 spiro atoms. The second kappa shape index (κ2) is 9.26. The van der Waals surface area contributed by atoms with Crippen molar-refractivity contribution >= 4 is 45.8 Å². The zero-order valence-corrected chi connectivity index (χ0v) is 21.6. The number of fused-ring (bicyclic) bond motifs is 2. The Kier molecular flexibility index (Phi) is 6.07. The molecular weight excluding hydrogens is 502 g/mol. The fourth-order valence-corrected chi connectivity index (χ4v) is 7.05. The fraction of sp³-hybridized carbons (Fsp3) is 0.542. The molecule has 10 nitrogen and oxygen atoms in total. The summed E-state index contributed by atoms with van der Waals surface area (Å²) in [6.07, 6.45) is 9.52. The van der Waals surface area contributed by atoms with Crippen molar-refractivity contribution in [2.24, 2.45) is 11.8 Å². The van der Waals surface area contributed by atoms with Gasteiger partial charge in [0.05, 0.1) is 34.2 Å². The minimum atomic E-state index is -1.13. The number of nitrogens with one attached hydrogen (secondary N) is 2. The molecule has 1 saturated heterocycles. The van der Waals surface area contributed by atoms with Crippen LogP contribution in [0.3, 0.4) is 0 Å². The lowest BCUT2D eigenvalue weighted by molar-refractivity contribution is 0.163. The summed E-state index contributed by atoms with van der Waals surface area (Å²) in [5, 5.41) is 6.92. The standard InChI is InChI=1S/C24H28ClN7O3S/c1-35-23(33)28-13-24(4-2-5-24)31-21-19-18(3-6-36(19)34)29-22(30-21)32-11-15-7-14(8-16(15)12-32)20-26-9-17(25)10-27-20/h7,9-10,15-16H,2-6,8,11-13H2,1H3,(H,28,33)(H,29,30,31)/t15-,16+,36+/m1/s1. The van der Waals surface area contributed by atoms with Crippen LogP contribution in [0.5, 0.6) is 0 Å². The van der Waals surface area contributed by atoms with Crippen molar-refractivity contribution < 1.29 is 13.7 Å². The highest BCUT2D eigenvalue weighted by molar-refractivity contribution is 7.85. The fourth-order valence-electron chi connectivity index (χ4n) is 5.64. The molecule has 2 aromatic heterocycles. The molecule has 0 bridgehead atoms. The van der Waals surface area contributed by atoms with Gasteiger partial charge >= 0.3 is 6.09 Å². The molecule has 1 amide bonds. The van der Waals surface area contributed by atoms with Crippen molar-refractivity contribution in [3.05, 3.63) is 35.0 Å². The molecule has 2 fully saturated rings. The first-order valence-electron chi connectivity index (χ1n) is 12.3. The summed E-state index contributed by atoms with van der Waals surface area (Å²) in [6.45, 7) is 2.08. The van der Waals surface area contributed by atoms with Gasteiger partial charge in [0.1, 0.15) is 10.7 Å². The van der Waals surface area contributed by atoms with E-state index in [1.54, 1.807) is 12.4 Å². The first-order valence-corrected chi connectivity index (χ1v) is 14.0. The third-order valence-electron chi connectivity index (χ3n) is 7.71. The van der Waals surface area contributed by atoms with E-state index in [1.165, 1.54) is 12.7 Å².